The van der Waals surface area contributed by atoms with E-state index < -0.39 is 0 Å². The SMILES string of the molecule is CCCCNC(=O)Cc1scnc1C. The van der Waals surface area contributed by atoms with E-state index in [0.717, 1.165) is 30.0 Å². The van der Waals surface area contributed by atoms with Crippen molar-refractivity contribution < 1.29 is 4.79 Å². The van der Waals surface area contributed by atoms with Crippen molar-refractivity contribution in [1.29, 1.82) is 0 Å². The Morgan fingerprint density at radius 3 is 3.00 bits per heavy atom. The molecule has 0 aliphatic carbocycles. The summed E-state index contributed by atoms with van der Waals surface area (Å²) in [6.07, 6.45) is 2.63. The van der Waals surface area contributed by atoms with Crippen molar-refractivity contribution in [3.63, 3.8) is 0 Å². The standard InChI is InChI=1S/C10H16N2OS/c1-3-4-5-11-10(13)6-9-8(2)12-7-14-9/h7H,3-6H2,1-2H3,(H,11,13). The van der Waals surface area contributed by atoms with Gasteiger partial charge in [0.15, 0.2) is 0 Å². The Hall–Kier alpha value is -0.900. The second kappa shape index (κ2) is 5.75. The van der Waals surface area contributed by atoms with Gasteiger partial charge in [-0.15, -0.1) is 11.3 Å². The molecule has 1 rings (SSSR count). The van der Waals surface area contributed by atoms with Crippen molar-refractivity contribution in [1.82, 2.24) is 10.3 Å². The van der Waals surface area contributed by atoms with Crippen LogP contribution < -0.4 is 5.32 Å². The molecule has 0 unspecified atom stereocenters. The van der Waals surface area contributed by atoms with E-state index in [9.17, 15) is 4.79 Å². The summed E-state index contributed by atoms with van der Waals surface area (Å²) < 4.78 is 0. The molecule has 14 heavy (non-hydrogen) atoms. The molecule has 3 nitrogen and oxygen atoms in total. The zero-order chi connectivity index (χ0) is 10.4. The van der Waals surface area contributed by atoms with Gasteiger partial charge in [0.05, 0.1) is 17.6 Å². The molecule has 4 heteroatoms. The highest BCUT2D eigenvalue weighted by molar-refractivity contribution is 7.09. The van der Waals surface area contributed by atoms with Crippen LogP contribution in [-0.2, 0) is 11.2 Å². The minimum atomic E-state index is 0.103. The molecule has 1 heterocycles. The van der Waals surface area contributed by atoms with Gasteiger partial charge in [0.1, 0.15) is 0 Å². The first-order chi connectivity index (χ1) is 6.74. The molecule has 0 aromatic carbocycles. The number of amides is 1. The molecule has 0 fully saturated rings. The number of aromatic nitrogens is 1. The molecule has 1 aromatic heterocycles. The summed E-state index contributed by atoms with van der Waals surface area (Å²) in [5.41, 5.74) is 2.75. The van der Waals surface area contributed by atoms with Gasteiger partial charge in [-0.25, -0.2) is 4.98 Å². The zero-order valence-electron chi connectivity index (χ0n) is 8.67. The van der Waals surface area contributed by atoms with Crippen LogP contribution in [-0.4, -0.2) is 17.4 Å². The zero-order valence-corrected chi connectivity index (χ0v) is 9.49. The molecule has 0 radical (unpaired) electrons. The van der Waals surface area contributed by atoms with Gasteiger partial charge >= 0.3 is 0 Å². The third kappa shape index (κ3) is 3.46. The van der Waals surface area contributed by atoms with Gasteiger partial charge in [0.25, 0.3) is 0 Å². The van der Waals surface area contributed by atoms with Crippen molar-refractivity contribution >= 4 is 17.2 Å². The van der Waals surface area contributed by atoms with Gasteiger partial charge in [0, 0.05) is 11.4 Å². The van der Waals surface area contributed by atoms with E-state index in [1.807, 2.05) is 6.92 Å². The molecule has 0 saturated carbocycles. The van der Waals surface area contributed by atoms with E-state index in [1.165, 1.54) is 0 Å². The Morgan fingerprint density at radius 1 is 1.64 bits per heavy atom. The molecule has 1 amide bonds. The number of hydrogen-bond donors (Lipinski definition) is 1. The number of nitrogens with zero attached hydrogens (tertiary/aromatic N) is 1. The number of nitrogens with one attached hydrogen (secondary N) is 1. The minimum absolute atomic E-state index is 0.103. The molecular formula is C10H16N2OS. The fraction of sp³-hybridized carbons (Fsp3) is 0.600. The number of thiazole rings is 1. The van der Waals surface area contributed by atoms with Crippen LogP contribution >= 0.6 is 11.3 Å². The number of carbonyl (C=O) groups is 1. The summed E-state index contributed by atoms with van der Waals surface area (Å²) in [6, 6.07) is 0. The third-order valence-electron chi connectivity index (χ3n) is 2.02. The number of aryl methyl sites for hydroxylation is 1. The summed E-state index contributed by atoms with van der Waals surface area (Å²) in [4.78, 5) is 16.6. The molecule has 0 aliphatic rings. The lowest BCUT2D eigenvalue weighted by Gasteiger charge is -2.02. The van der Waals surface area contributed by atoms with Gasteiger partial charge in [-0.05, 0) is 13.3 Å². The van der Waals surface area contributed by atoms with Gasteiger partial charge in [0.2, 0.25) is 5.91 Å². The normalized spacial score (nSPS) is 10.1. The lowest BCUT2D eigenvalue weighted by Crippen LogP contribution is -2.25. The number of unbranched alkanes of at least 4 members (excludes halogenated alkanes) is 1. The molecule has 0 aliphatic heterocycles. The summed E-state index contributed by atoms with van der Waals surface area (Å²) in [6.45, 7) is 4.83. The summed E-state index contributed by atoms with van der Waals surface area (Å²) in [5, 5.41) is 2.89. The lowest BCUT2D eigenvalue weighted by molar-refractivity contribution is -0.120. The van der Waals surface area contributed by atoms with Crippen molar-refractivity contribution in [2.45, 2.75) is 33.1 Å². The number of hydrogen-bond acceptors (Lipinski definition) is 3. The molecule has 0 spiro atoms. The Labute approximate surface area is 88.6 Å². The van der Waals surface area contributed by atoms with E-state index in [-0.39, 0.29) is 5.91 Å². The van der Waals surface area contributed by atoms with Crippen LogP contribution in [0.5, 0.6) is 0 Å². The van der Waals surface area contributed by atoms with Crippen LogP contribution in [0.3, 0.4) is 0 Å². The van der Waals surface area contributed by atoms with Crippen molar-refractivity contribution in [3.05, 3.63) is 16.1 Å². The molecule has 0 bridgehead atoms. The van der Waals surface area contributed by atoms with Crippen LogP contribution in [0.1, 0.15) is 30.3 Å². The molecule has 78 valence electrons. The van der Waals surface area contributed by atoms with E-state index in [1.54, 1.807) is 16.8 Å². The molecular weight excluding hydrogens is 196 g/mol. The molecule has 1 N–H and O–H groups in total. The van der Waals surface area contributed by atoms with Crippen molar-refractivity contribution in [2.24, 2.45) is 0 Å². The summed E-state index contributed by atoms with van der Waals surface area (Å²) in [5.74, 6) is 0.103. The quantitative estimate of drug-likeness (QED) is 0.758. The van der Waals surface area contributed by atoms with Gasteiger partial charge in [-0.1, -0.05) is 13.3 Å². The van der Waals surface area contributed by atoms with E-state index in [2.05, 4.69) is 17.2 Å². The van der Waals surface area contributed by atoms with Crippen LogP contribution in [0.15, 0.2) is 5.51 Å². The van der Waals surface area contributed by atoms with Crippen LogP contribution in [0.25, 0.3) is 0 Å². The van der Waals surface area contributed by atoms with Crippen LogP contribution in [0.2, 0.25) is 0 Å². The first kappa shape index (κ1) is 11.2. The van der Waals surface area contributed by atoms with Gasteiger partial charge in [-0.2, -0.15) is 0 Å². The number of rotatable bonds is 5. The maximum Gasteiger partial charge on any atom is 0.225 e. The van der Waals surface area contributed by atoms with Crippen LogP contribution in [0, 0.1) is 6.92 Å². The highest BCUT2D eigenvalue weighted by Crippen LogP contribution is 2.12. The topological polar surface area (TPSA) is 42.0 Å². The Kier molecular flexibility index (Phi) is 4.59. The van der Waals surface area contributed by atoms with Gasteiger partial charge in [-0.3, -0.25) is 4.79 Å². The molecule has 1 aromatic rings. The third-order valence-corrected chi connectivity index (χ3v) is 2.95. The largest absolute Gasteiger partial charge is 0.356 e. The van der Waals surface area contributed by atoms with Crippen molar-refractivity contribution in [3.8, 4) is 0 Å². The Morgan fingerprint density at radius 2 is 2.43 bits per heavy atom. The van der Waals surface area contributed by atoms with Crippen molar-refractivity contribution in [2.75, 3.05) is 6.54 Å². The lowest BCUT2D eigenvalue weighted by atomic mass is 10.3. The van der Waals surface area contributed by atoms with E-state index in [4.69, 9.17) is 0 Å². The maximum atomic E-state index is 11.4. The average Bonchev–Trinajstić information content (AvgIpc) is 2.52. The smallest absolute Gasteiger partial charge is 0.225 e. The monoisotopic (exact) mass is 212 g/mol. The van der Waals surface area contributed by atoms with E-state index in [0.29, 0.717) is 6.42 Å². The predicted molar refractivity (Wildman–Crippen MR) is 58.5 cm³/mol. The second-order valence-corrected chi connectivity index (χ2v) is 4.18. The Balaban J connectivity index is 2.31. The first-order valence-corrected chi connectivity index (χ1v) is 5.77. The second-order valence-electron chi connectivity index (χ2n) is 3.24. The Bertz CT molecular complexity index is 296. The average molecular weight is 212 g/mol. The fourth-order valence-electron chi connectivity index (χ4n) is 1.11. The highest BCUT2D eigenvalue weighted by Gasteiger charge is 2.06. The minimum Gasteiger partial charge on any atom is -0.356 e. The predicted octanol–water partition coefficient (Wildman–Crippen LogP) is 1.91. The molecule has 0 saturated heterocycles. The summed E-state index contributed by atoms with van der Waals surface area (Å²) >= 11 is 1.55. The number of carbonyl (C=O) groups excluding carboxylic acids is 1. The van der Waals surface area contributed by atoms with Gasteiger partial charge < -0.3 is 5.32 Å². The first-order valence-electron chi connectivity index (χ1n) is 4.89. The van der Waals surface area contributed by atoms with E-state index >= 15 is 0 Å². The maximum absolute atomic E-state index is 11.4. The summed E-state index contributed by atoms with van der Waals surface area (Å²) in [7, 11) is 0. The highest BCUT2D eigenvalue weighted by atomic mass is 32.1. The molecule has 0 atom stereocenters. The fourth-order valence-corrected chi connectivity index (χ4v) is 1.88. The van der Waals surface area contributed by atoms with Crippen LogP contribution in [0.4, 0.5) is 0 Å².